The van der Waals surface area contributed by atoms with Crippen LogP contribution in [0.3, 0.4) is 0 Å². The van der Waals surface area contributed by atoms with Crippen LogP contribution in [0, 0.1) is 0 Å². The predicted octanol–water partition coefficient (Wildman–Crippen LogP) is 0.229. The van der Waals surface area contributed by atoms with Crippen LogP contribution in [0.1, 0.15) is 12.0 Å². The Labute approximate surface area is 103 Å². The van der Waals surface area contributed by atoms with E-state index in [0.717, 1.165) is 26.1 Å². The molecular weight excluding hydrogens is 216 g/mol. The molecular formula is C12H22N4O. The fourth-order valence-electron chi connectivity index (χ4n) is 2.41. The molecule has 0 bridgehead atoms. The minimum Gasteiger partial charge on any atom is -0.380 e. The molecule has 0 amide bonds. The summed E-state index contributed by atoms with van der Waals surface area (Å²) in [5.74, 6) is 0. The molecule has 2 rings (SSSR count). The van der Waals surface area contributed by atoms with Crippen LogP contribution in [0.2, 0.25) is 0 Å². The van der Waals surface area contributed by atoms with Gasteiger partial charge >= 0.3 is 0 Å². The lowest BCUT2D eigenvalue weighted by Crippen LogP contribution is -2.34. The van der Waals surface area contributed by atoms with Crippen LogP contribution in [-0.2, 0) is 18.3 Å². The van der Waals surface area contributed by atoms with E-state index in [-0.39, 0.29) is 0 Å². The number of methoxy groups -OCH3 is 1. The molecule has 5 nitrogen and oxygen atoms in total. The number of likely N-dealkylation sites (N-methyl/N-ethyl adjacent to an activating group) is 1. The number of aromatic nitrogens is 2. The van der Waals surface area contributed by atoms with Gasteiger partial charge in [-0.05, 0) is 13.5 Å². The Balaban J connectivity index is 1.76. The molecule has 1 aromatic rings. The lowest BCUT2D eigenvalue weighted by molar-refractivity contribution is 0.116. The first-order valence-corrected chi connectivity index (χ1v) is 6.09. The summed E-state index contributed by atoms with van der Waals surface area (Å²) >= 11 is 0. The van der Waals surface area contributed by atoms with E-state index in [2.05, 4.69) is 28.6 Å². The molecule has 2 heterocycles. The van der Waals surface area contributed by atoms with Crippen molar-refractivity contribution in [2.45, 2.75) is 25.1 Å². The fourth-order valence-corrected chi connectivity index (χ4v) is 2.41. The maximum absolute atomic E-state index is 5.35. The third kappa shape index (κ3) is 3.52. The van der Waals surface area contributed by atoms with Crippen LogP contribution in [0.5, 0.6) is 0 Å². The monoisotopic (exact) mass is 238 g/mol. The van der Waals surface area contributed by atoms with Gasteiger partial charge in [-0.2, -0.15) is 5.10 Å². The van der Waals surface area contributed by atoms with Crippen molar-refractivity contribution in [2.75, 3.05) is 27.2 Å². The van der Waals surface area contributed by atoms with E-state index in [4.69, 9.17) is 4.74 Å². The third-order valence-electron chi connectivity index (χ3n) is 3.26. The van der Waals surface area contributed by atoms with Gasteiger partial charge in [-0.25, -0.2) is 0 Å². The van der Waals surface area contributed by atoms with Crippen LogP contribution >= 0.6 is 0 Å². The minimum absolute atomic E-state index is 0.381. The summed E-state index contributed by atoms with van der Waals surface area (Å²) in [5, 5.41) is 7.67. The summed E-state index contributed by atoms with van der Waals surface area (Å²) in [7, 11) is 5.88. The molecule has 0 spiro atoms. The number of nitrogens with zero attached hydrogens (tertiary/aromatic N) is 3. The van der Waals surface area contributed by atoms with Crippen molar-refractivity contribution in [3.63, 3.8) is 0 Å². The number of ether oxygens (including phenoxy) is 1. The average Bonchev–Trinajstić information content (AvgIpc) is 2.88. The topological polar surface area (TPSA) is 42.3 Å². The Morgan fingerprint density at radius 3 is 3.06 bits per heavy atom. The van der Waals surface area contributed by atoms with Gasteiger partial charge < -0.3 is 15.0 Å². The molecule has 1 fully saturated rings. The number of rotatable bonds is 5. The van der Waals surface area contributed by atoms with Gasteiger partial charge in [0.1, 0.15) is 0 Å². The standard InChI is InChI=1S/C12H22N4O/c1-15(7-10-5-14-16(2)8-10)9-11-4-12(17-3)6-13-11/h5,8,11-13H,4,6-7,9H2,1-3H3. The molecule has 2 atom stereocenters. The zero-order valence-corrected chi connectivity index (χ0v) is 10.9. The molecule has 1 aliphatic heterocycles. The normalized spacial score (nSPS) is 24.7. The Bertz CT molecular complexity index is 352. The predicted molar refractivity (Wildman–Crippen MR) is 66.7 cm³/mol. The number of aryl methyl sites for hydroxylation is 1. The number of hydrogen-bond donors (Lipinski definition) is 1. The van der Waals surface area contributed by atoms with Crippen molar-refractivity contribution in [3.8, 4) is 0 Å². The summed E-state index contributed by atoms with van der Waals surface area (Å²) in [6, 6.07) is 0.543. The summed E-state index contributed by atoms with van der Waals surface area (Å²) in [6.45, 7) is 2.97. The summed E-state index contributed by atoms with van der Waals surface area (Å²) in [4.78, 5) is 2.33. The van der Waals surface area contributed by atoms with Gasteiger partial charge in [-0.1, -0.05) is 0 Å². The van der Waals surface area contributed by atoms with E-state index in [0.29, 0.717) is 12.1 Å². The summed E-state index contributed by atoms with van der Waals surface area (Å²) < 4.78 is 7.20. The number of hydrogen-bond acceptors (Lipinski definition) is 4. The van der Waals surface area contributed by atoms with Gasteiger partial charge in [0.2, 0.25) is 0 Å². The first kappa shape index (κ1) is 12.5. The first-order chi connectivity index (χ1) is 8.17. The molecule has 0 aliphatic carbocycles. The lowest BCUT2D eigenvalue weighted by Gasteiger charge is -2.20. The van der Waals surface area contributed by atoms with Crippen LogP contribution < -0.4 is 5.32 Å². The molecule has 1 saturated heterocycles. The van der Waals surface area contributed by atoms with Gasteiger partial charge in [0, 0.05) is 51.6 Å². The molecule has 1 aromatic heterocycles. The van der Waals surface area contributed by atoms with Crippen LogP contribution in [0.25, 0.3) is 0 Å². The van der Waals surface area contributed by atoms with Gasteiger partial charge in [0.05, 0.1) is 12.3 Å². The van der Waals surface area contributed by atoms with Crippen molar-refractivity contribution >= 4 is 0 Å². The van der Waals surface area contributed by atoms with E-state index in [1.165, 1.54) is 5.56 Å². The van der Waals surface area contributed by atoms with Crippen molar-refractivity contribution in [2.24, 2.45) is 7.05 Å². The van der Waals surface area contributed by atoms with Gasteiger partial charge in [-0.15, -0.1) is 0 Å². The van der Waals surface area contributed by atoms with E-state index >= 15 is 0 Å². The van der Waals surface area contributed by atoms with Crippen LogP contribution in [0.4, 0.5) is 0 Å². The molecule has 1 aliphatic rings. The highest BCUT2D eigenvalue weighted by Crippen LogP contribution is 2.11. The quantitative estimate of drug-likeness (QED) is 0.797. The highest BCUT2D eigenvalue weighted by molar-refractivity contribution is 5.03. The van der Waals surface area contributed by atoms with Crippen molar-refractivity contribution < 1.29 is 4.74 Å². The van der Waals surface area contributed by atoms with Gasteiger partial charge in [0.15, 0.2) is 0 Å². The van der Waals surface area contributed by atoms with Crippen molar-refractivity contribution in [1.82, 2.24) is 20.0 Å². The van der Waals surface area contributed by atoms with Gasteiger partial charge in [-0.3, -0.25) is 4.68 Å². The maximum Gasteiger partial charge on any atom is 0.0711 e. The molecule has 2 unspecified atom stereocenters. The molecule has 0 radical (unpaired) electrons. The van der Waals surface area contributed by atoms with Crippen LogP contribution in [-0.4, -0.2) is 54.1 Å². The van der Waals surface area contributed by atoms with E-state index in [1.54, 1.807) is 7.11 Å². The Hall–Kier alpha value is -0.910. The number of nitrogens with one attached hydrogen (secondary N) is 1. The molecule has 17 heavy (non-hydrogen) atoms. The van der Waals surface area contributed by atoms with E-state index in [1.807, 2.05) is 17.9 Å². The maximum atomic E-state index is 5.35. The first-order valence-electron chi connectivity index (χ1n) is 6.09. The zero-order valence-electron chi connectivity index (χ0n) is 10.9. The second-order valence-corrected chi connectivity index (χ2v) is 4.92. The third-order valence-corrected chi connectivity index (χ3v) is 3.26. The average molecular weight is 238 g/mol. The van der Waals surface area contributed by atoms with Crippen LogP contribution in [0.15, 0.2) is 12.4 Å². The molecule has 1 N–H and O–H groups in total. The van der Waals surface area contributed by atoms with Crippen molar-refractivity contribution in [3.05, 3.63) is 18.0 Å². The molecule has 5 heteroatoms. The smallest absolute Gasteiger partial charge is 0.0711 e. The summed E-state index contributed by atoms with van der Waals surface area (Å²) in [6.07, 6.45) is 5.48. The minimum atomic E-state index is 0.381. The zero-order chi connectivity index (χ0) is 12.3. The van der Waals surface area contributed by atoms with E-state index in [9.17, 15) is 0 Å². The molecule has 0 saturated carbocycles. The van der Waals surface area contributed by atoms with Gasteiger partial charge in [0.25, 0.3) is 0 Å². The Morgan fingerprint density at radius 1 is 1.65 bits per heavy atom. The largest absolute Gasteiger partial charge is 0.380 e. The molecule has 0 aromatic carbocycles. The Kier molecular flexibility index (Phi) is 4.15. The van der Waals surface area contributed by atoms with Crippen molar-refractivity contribution in [1.29, 1.82) is 0 Å². The SMILES string of the molecule is COC1CNC(CN(C)Cc2cnn(C)c2)C1. The molecule has 96 valence electrons. The second-order valence-electron chi connectivity index (χ2n) is 4.92. The highest BCUT2D eigenvalue weighted by Gasteiger charge is 2.24. The highest BCUT2D eigenvalue weighted by atomic mass is 16.5. The summed E-state index contributed by atoms with van der Waals surface area (Å²) in [5.41, 5.74) is 1.26. The Morgan fingerprint density at radius 2 is 2.47 bits per heavy atom. The second kappa shape index (κ2) is 5.62. The fraction of sp³-hybridized carbons (Fsp3) is 0.750. The van der Waals surface area contributed by atoms with E-state index < -0.39 is 0 Å². The lowest BCUT2D eigenvalue weighted by atomic mass is 10.2.